The van der Waals surface area contributed by atoms with Gasteiger partial charge < -0.3 is 15.1 Å². The molecule has 8 nitrogen and oxygen atoms in total. The van der Waals surface area contributed by atoms with Gasteiger partial charge in [0.1, 0.15) is 12.4 Å². The van der Waals surface area contributed by atoms with Gasteiger partial charge in [0.05, 0.1) is 5.75 Å². The van der Waals surface area contributed by atoms with Crippen molar-refractivity contribution >= 4 is 23.1 Å². The SMILES string of the molecule is Cc1ccc(C(C)C)c(OCc2nnc(SCc3nc(-c4ccsc4)no3)n2N)c1. The summed E-state index contributed by atoms with van der Waals surface area (Å²) in [6, 6.07) is 8.17. The van der Waals surface area contributed by atoms with Crippen molar-refractivity contribution in [2.24, 2.45) is 0 Å². The minimum Gasteiger partial charge on any atom is -0.485 e. The van der Waals surface area contributed by atoms with Gasteiger partial charge in [-0.3, -0.25) is 0 Å². The Morgan fingerprint density at radius 1 is 1.27 bits per heavy atom. The van der Waals surface area contributed by atoms with Gasteiger partial charge in [-0.2, -0.15) is 16.3 Å². The fraction of sp³-hybridized carbons (Fsp3) is 0.300. The highest BCUT2D eigenvalue weighted by molar-refractivity contribution is 7.98. The average molecular weight is 443 g/mol. The molecular formula is C20H22N6O2S2. The molecule has 0 radical (unpaired) electrons. The molecule has 4 rings (SSSR count). The molecule has 0 amide bonds. The maximum absolute atomic E-state index is 6.17. The summed E-state index contributed by atoms with van der Waals surface area (Å²) >= 11 is 2.97. The number of hydrogen-bond acceptors (Lipinski definition) is 9. The smallest absolute Gasteiger partial charge is 0.237 e. The van der Waals surface area contributed by atoms with Crippen LogP contribution >= 0.6 is 23.1 Å². The molecule has 0 fully saturated rings. The van der Waals surface area contributed by atoms with Crippen molar-refractivity contribution in [2.45, 2.75) is 44.2 Å². The summed E-state index contributed by atoms with van der Waals surface area (Å²) in [6.07, 6.45) is 0. The highest BCUT2D eigenvalue weighted by Crippen LogP contribution is 2.28. The van der Waals surface area contributed by atoms with Crippen molar-refractivity contribution < 1.29 is 9.26 Å². The molecule has 0 aliphatic heterocycles. The van der Waals surface area contributed by atoms with Crippen molar-refractivity contribution in [3.63, 3.8) is 0 Å². The van der Waals surface area contributed by atoms with Gasteiger partial charge in [-0.25, -0.2) is 4.68 Å². The van der Waals surface area contributed by atoms with Crippen LogP contribution in [-0.4, -0.2) is 25.0 Å². The Morgan fingerprint density at radius 3 is 2.90 bits per heavy atom. The Bertz CT molecular complexity index is 1120. The monoisotopic (exact) mass is 442 g/mol. The van der Waals surface area contributed by atoms with E-state index in [9.17, 15) is 0 Å². The molecule has 3 heterocycles. The van der Waals surface area contributed by atoms with Crippen LogP contribution in [0.5, 0.6) is 5.75 Å². The molecule has 4 aromatic rings. The van der Waals surface area contributed by atoms with Crippen molar-refractivity contribution in [3.05, 3.63) is 57.9 Å². The minimum atomic E-state index is 0.232. The van der Waals surface area contributed by atoms with Crippen molar-refractivity contribution in [2.75, 3.05) is 5.84 Å². The molecule has 30 heavy (non-hydrogen) atoms. The number of hydrogen-bond donors (Lipinski definition) is 1. The molecule has 0 unspecified atom stereocenters. The first-order chi connectivity index (χ1) is 14.5. The third-order valence-electron chi connectivity index (χ3n) is 4.46. The fourth-order valence-corrected chi connectivity index (χ4v) is 4.19. The minimum absolute atomic E-state index is 0.232. The number of aryl methyl sites for hydroxylation is 1. The number of benzene rings is 1. The largest absolute Gasteiger partial charge is 0.485 e. The zero-order chi connectivity index (χ0) is 21.1. The quantitative estimate of drug-likeness (QED) is 0.316. The zero-order valence-electron chi connectivity index (χ0n) is 16.9. The Balaban J connectivity index is 1.39. The number of nitrogen functional groups attached to an aromatic ring is 1. The number of rotatable bonds is 8. The van der Waals surface area contributed by atoms with Crippen LogP contribution in [0.15, 0.2) is 44.7 Å². The van der Waals surface area contributed by atoms with Crippen molar-refractivity contribution in [1.82, 2.24) is 25.0 Å². The summed E-state index contributed by atoms with van der Waals surface area (Å²) in [4.78, 5) is 4.40. The molecule has 0 spiro atoms. The van der Waals surface area contributed by atoms with Gasteiger partial charge in [0.15, 0.2) is 5.82 Å². The summed E-state index contributed by atoms with van der Waals surface area (Å²) in [7, 11) is 0. The summed E-state index contributed by atoms with van der Waals surface area (Å²) < 4.78 is 12.8. The highest BCUT2D eigenvalue weighted by Gasteiger charge is 2.15. The first-order valence-electron chi connectivity index (χ1n) is 9.42. The average Bonchev–Trinajstić information content (AvgIpc) is 3.46. The van der Waals surface area contributed by atoms with E-state index in [1.165, 1.54) is 16.4 Å². The van der Waals surface area contributed by atoms with Crippen molar-refractivity contribution in [3.8, 4) is 17.1 Å². The van der Waals surface area contributed by atoms with E-state index in [1.807, 2.05) is 29.8 Å². The summed E-state index contributed by atoms with van der Waals surface area (Å²) in [5, 5.41) is 16.8. The normalized spacial score (nSPS) is 11.3. The van der Waals surface area contributed by atoms with Gasteiger partial charge in [0, 0.05) is 10.9 Å². The van der Waals surface area contributed by atoms with E-state index < -0.39 is 0 Å². The molecule has 0 aliphatic carbocycles. The van der Waals surface area contributed by atoms with Crippen LogP contribution in [0.2, 0.25) is 0 Å². The number of nitrogens with zero attached hydrogens (tertiary/aromatic N) is 5. The van der Waals surface area contributed by atoms with Gasteiger partial charge in [0.2, 0.25) is 16.9 Å². The third kappa shape index (κ3) is 4.49. The fourth-order valence-electron chi connectivity index (χ4n) is 2.84. The number of nitrogens with two attached hydrogens (primary N) is 1. The summed E-state index contributed by atoms with van der Waals surface area (Å²) in [6.45, 7) is 6.55. The Hall–Kier alpha value is -2.85. The molecule has 156 valence electrons. The first-order valence-corrected chi connectivity index (χ1v) is 11.3. The lowest BCUT2D eigenvalue weighted by atomic mass is 10.0. The van der Waals surface area contributed by atoms with E-state index in [2.05, 4.69) is 46.3 Å². The number of thiophene rings is 1. The van der Waals surface area contributed by atoms with Gasteiger partial charge in [0.25, 0.3) is 0 Å². The lowest BCUT2D eigenvalue weighted by Crippen LogP contribution is -2.16. The van der Waals surface area contributed by atoms with Crippen LogP contribution in [0.4, 0.5) is 0 Å². The Kier molecular flexibility index (Phi) is 6.05. The second kappa shape index (κ2) is 8.88. The maximum Gasteiger partial charge on any atom is 0.237 e. The van der Waals surface area contributed by atoms with Crippen LogP contribution in [0.25, 0.3) is 11.4 Å². The number of ether oxygens (including phenoxy) is 1. The van der Waals surface area contributed by atoms with E-state index >= 15 is 0 Å². The molecule has 0 saturated heterocycles. The maximum atomic E-state index is 6.17. The predicted molar refractivity (Wildman–Crippen MR) is 117 cm³/mol. The first kappa shape index (κ1) is 20.4. The van der Waals surface area contributed by atoms with E-state index in [-0.39, 0.29) is 6.61 Å². The van der Waals surface area contributed by atoms with E-state index in [1.54, 1.807) is 11.3 Å². The van der Waals surface area contributed by atoms with Crippen molar-refractivity contribution in [1.29, 1.82) is 0 Å². The Morgan fingerprint density at radius 2 is 2.13 bits per heavy atom. The van der Waals surface area contributed by atoms with Crippen LogP contribution in [0.1, 0.15) is 42.6 Å². The second-order valence-corrected chi connectivity index (χ2v) is 8.79. The molecule has 1 aromatic carbocycles. The van der Waals surface area contributed by atoms with Crippen LogP contribution < -0.4 is 10.6 Å². The van der Waals surface area contributed by atoms with Crippen LogP contribution in [-0.2, 0) is 12.4 Å². The predicted octanol–water partition coefficient (Wildman–Crippen LogP) is 4.41. The molecular weight excluding hydrogens is 420 g/mol. The molecule has 3 aromatic heterocycles. The second-order valence-electron chi connectivity index (χ2n) is 7.07. The van der Waals surface area contributed by atoms with Gasteiger partial charge >= 0.3 is 0 Å². The third-order valence-corrected chi connectivity index (χ3v) is 6.07. The summed E-state index contributed by atoms with van der Waals surface area (Å²) in [5.41, 5.74) is 3.23. The lowest BCUT2D eigenvalue weighted by Gasteiger charge is -2.14. The number of aromatic nitrogens is 5. The zero-order valence-corrected chi connectivity index (χ0v) is 18.5. The molecule has 0 aliphatic rings. The molecule has 10 heteroatoms. The Labute approximate surface area is 182 Å². The van der Waals surface area contributed by atoms with E-state index in [0.717, 1.165) is 22.4 Å². The summed E-state index contributed by atoms with van der Waals surface area (Å²) in [5.74, 6) is 9.43. The standard InChI is InChI=1S/C20H22N6O2S2/c1-12(2)15-5-4-13(3)8-16(15)27-9-17-23-24-20(26(17)21)30-11-18-22-19(25-28-18)14-6-7-29-10-14/h4-8,10,12H,9,11,21H2,1-3H3. The topological polar surface area (TPSA) is 105 Å². The van der Waals surface area contributed by atoms with Gasteiger partial charge in [-0.05, 0) is 41.5 Å². The van der Waals surface area contributed by atoms with E-state index in [0.29, 0.717) is 34.4 Å². The highest BCUT2D eigenvalue weighted by atomic mass is 32.2. The van der Waals surface area contributed by atoms with Gasteiger partial charge in [-0.15, -0.1) is 10.2 Å². The number of thioether (sulfide) groups is 1. The van der Waals surface area contributed by atoms with Crippen LogP contribution in [0.3, 0.4) is 0 Å². The van der Waals surface area contributed by atoms with E-state index in [4.69, 9.17) is 15.1 Å². The van der Waals surface area contributed by atoms with Gasteiger partial charge in [-0.1, -0.05) is 42.9 Å². The molecule has 2 N–H and O–H groups in total. The lowest BCUT2D eigenvalue weighted by molar-refractivity contribution is 0.287. The molecule has 0 saturated carbocycles. The van der Waals surface area contributed by atoms with Crippen LogP contribution in [0, 0.1) is 6.92 Å². The molecule has 0 atom stereocenters. The molecule has 0 bridgehead atoms.